The maximum absolute atomic E-state index is 11.8. The lowest BCUT2D eigenvalue weighted by Crippen LogP contribution is -2.39. The highest BCUT2D eigenvalue weighted by Crippen LogP contribution is 2.27. The van der Waals surface area contributed by atoms with Crippen molar-refractivity contribution in [1.82, 2.24) is 10.0 Å². The second-order valence-electron chi connectivity index (χ2n) is 3.60. The van der Waals surface area contributed by atoms with Gasteiger partial charge in [-0.25, -0.2) is 13.1 Å². The summed E-state index contributed by atoms with van der Waals surface area (Å²) in [6.07, 6.45) is 0. The van der Waals surface area contributed by atoms with Gasteiger partial charge in [0.1, 0.15) is 4.21 Å². The average molecular weight is 341 g/mol. The Morgan fingerprint density at radius 2 is 2.18 bits per heavy atom. The number of sulfonamides is 1. The Morgan fingerprint density at radius 3 is 2.65 bits per heavy atom. The quantitative estimate of drug-likeness (QED) is 0.848. The number of hydrogen-bond donors (Lipinski definition) is 2. The van der Waals surface area contributed by atoms with Crippen molar-refractivity contribution in [3.63, 3.8) is 0 Å². The smallest absolute Gasteiger partial charge is 0.251 e. The highest BCUT2D eigenvalue weighted by atomic mass is 79.9. The number of amides is 1. The van der Waals surface area contributed by atoms with Crippen LogP contribution in [0.25, 0.3) is 0 Å². The summed E-state index contributed by atoms with van der Waals surface area (Å²) in [5.41, 5.74) is 0. The molecule has 96 valence electrons. The van der Waals surface area contributed by atoms with Gasteiger partial charge in [0, 0.05) is 10.5 Å². The lowest BCUT2D eigenvalue weighted by Gasteiger charge is -2.09. The maximum atomic E-state index is 11.8. The van der Waals surface area contributed by atoms with E-state index in [4.69, 9.17) is 0 Å². The molecule has 0 spiro atoms. The molecule has 0 aliphatic carbocycles. The van der Waals surface area contributed by atoms with Crippen LogP contribution in [0.15, 0.2) is 20.1 Å². The predicted octanol–water partition coefficient (Wildman–Crippen LogP) is 1.31. The molecule has 1 rings (SSSR count). The molecule has 2 N–H and O–H groups in total. The number of carbonyl (C=O) groups excluding carboxylic acids is 1. The summed E-state index contributed by atoms with van der Waals surface area (Å²) in [5, 5.41) is 4.26. The SMILES string of the molecule is CC(C)NC(=O)CNS(=O)(=O)c1sccc1Br. The molecule has 0 fully saturated rings. The van der Waals surface area contributed by atoms with Gasteiger partial charge in [-0.15, -0.1) is 11.3 Å². The standard InChI is InChI=1S/C9H13BrN2O3S2/c1-6(2)12-8(13)5-11-17(14,15)9-7(10)3-4-16-9/h3-4,6,11H,5H2,1-2H3,(H,12,13). The summed E-state index contributed by atoms with van der Waals surface area (Å²) in [6.45, 7) is 3.36. The summed E-state index contributed by atoms with van der Waals surface area (Å²) >= 11 is 4.23. The van der Waals surface area contributed by atoms with Crippen LogP contribution < -0.4 is 10.0 Å². The molecule has 0 radical (unpaired) electrons. The van der Waals surface area contributed by atoms with Gasteiger partial charge >= 0.3 is 0 Å². The van der Waals surface area contributed by atoms with Crippen LogP contribution >= 0.6 is 27.3 Å². The lowest BCUT2D eigenvalue weighted by atomic mass is 10.4. The number of hydrogen-bond acceptors (Lipinski definition) is 4. The Labute approximate surface area is 113 Å². The fourth-order valence-corrected chi connectivity index (χ4v) is 4.43. The van der Waals surface area contributed by atoms with E-state index >= 15 is 0 Å². The lowest BCUT2D eigenvalue weighted by molar-refractivity contribution is -0.120. The molecule has 0 unspecified atom stereocenters. The Balaban J connectivity index is 2.64. The van der Waals surface area contributed by atoms with Crippen molar-refractivity contribution in [2.75, 3.05) is 6.54 Å². The van der Waals surface area contributed by atoms with Crippen molar-refractivity contribution in [2.45, 2.75) is 24.1 Å². The van der Waals surface area contributed by atoms with Crippen LogP contribution in [-0.2, 0) is 14.8 Å². The average Bonchev–Trinajstić information content (AvgIpc) is 2.61. The summed E-state index contributed by atoms with van der Waals surface area (Å²) in [6, 6.07) is 1.63. The van der Waals surface area contributed by atoms with Gasteiger partial charge in [-0.3, -0.25) is 4.79 Å². The highest BCUT2D eigenvalue weighted by molar-refractivity contribution is 9.10. The van der Waals surface area contributed by atoms with E-state index in [-0.39, 0.29) is 22.7 Å². The molecule has 0 aliphatic rings. The largest absolute Gasteiger partial charge is 0.353 e. The van der Waals surface area contributed by atoms with Gasteiger partial charge in [-0.2, -0.15) is 0 Å². The van der Waals surface area contributed by atoms with Crippen LogP contribution in [0, 0.1) is 0 Å². The molecule has 5 nitrogen and oxygen atoms in total. The van der Waals surface area contributed by atoms with E-state index in [1.54, 1.807) is 11.4 Å². The molecule has 1 heterocycles. The van der Waals surface area contributed by atoms with Gasteiger partial charge in [-0.1, -0.05) is 0 Å². The second kappa shape index (κ2) is 5.94. The van der Waals surface area contributed by atoms with Gasteiger partial charge in [-0.05, 0) is 41.2 Å². The Hall–Kier alpha value is -0.440. The van der Waals surface area contributed by atoms with E-state index in [2.05, 4.69) is 26.0 Å². The topological polar surface area (TPSA) is 75.3 Å². The number of halogens is 1. The minimum absolute atomic E-state index is 0.0134. The number of thiophene rings is 1. The Kier molecular flexibility index (Phi) is 5.11. The van der Waals surface area contributed by atoms with Crippen LogP contribution in [0.3, 0.4) is 0 Å². The zero-order chi connectivity index (χ0) is 13.1. The zero-order valence-corrected chi connectivity index (χ0v) is 12.6. The van der Waals surface area contributed by atoms with Crippen LogP contribution in [-0.4, -0.2) is 26.9 Å². The molecule has 0 atom stereocenters. The molecule has 1 amide bonds. The minimum Gasteiger partial charge on any atom is -0.353 e. The van der Waals surface area contributed by atoms with E-state index in [9.17, 15) is 13.2 Å². The van der Waals surface area contributed by atoms with Gasteiger partial charge in [0.25, 0.3) is 10.0 Å². The monoisotopic (exact) mass is 340 g/mol. The van der Waals surface area contributed by atoms with E-state index in [0.29, 0.717) is 4.47 Å². The molecule has 1 aromatic heterocycles. The third kappa shape index (κ3) is 4.38. The van der Waals surface area contributed by atoms with E-state index in [1.165, 1.54) is 0 Å². The number of nitrogens with one attached hydrogen (secondary N) is 2. The van der Waals surface area contributed by atoms with Gasteiger partial charge in [0.05, 0.1) is 6.54 Å². The predicted molar refractivity (Wildman–Crippen MR) is 70.5 cm³/mol. The third-order valence-electron chi connectivity index (χ3n) is 1.70. The molecular weight excluding hydrogens is 328 g/mol. The van der Waals surface area contributed by atoms with Crippen LogP contribution in [0.5, 0.6) is 0 Å². The molecule has 0 bridgehead atoms. The van der Waals surface area contributed by atoms with E-state index < -0.39 is 10.0 Å². The molecular formula is C9H13BrN2O3S2. The van der Waals surface area contributed by atoms with Gasteiger partial charge < -0.3 is 5.32 Å². The molecule has 0 saturated carbocycles. The Bertz CT molecular complexity index is 496. The Morgan fingerprint density at radius 1 is 1.53 bits per heavy atom. The van der Waals surface area contributed by atoms with Crippen LogP contribution in [0.4, 0.5) is 0 Å². The summed E-state index contributed by atoms with van der Waals surface area (Å²) < 4.78 is 26.5. The van der Waals surface area contributed by atoms with Crippen LogP contribution in [0.2, 0.25) is 0 Å². The molecule has 8 heteroatoms. The molecule has 0 aromatic carbocycles. The van der Waals surface area contributed by atoms with Crippen molar-refractivity contribution in [2.24, 2.45) is 0 Å². The highest BCUT2D eigenvalue weighted by Gasteiger charge is 2.19. The summed E-state index contributed by atoms with van der Waals surface area (Å²) in [4.78, 5) is 11.3. The van der Waals surface area contributed by atoms with Crippen LogP contribution in [0.1, 0.15) is 13.8 Å². The number of rotatable bonds is 5. The summed E-state index contributed by atoms with van der Waals surface area (Å²) in [5.74, 6) is -0.351. The van der Waals surface area contributed by atoms with E-state index in [1.807, 2.05) is 13.8 Å². The van der Waals surface area contributed by atoms with Crippen molar-refractivity contribution in [1.29, 1.82) is 0 Å². The van der Waals surface area contributed by atoms with Crippen molar-refractivity contribution >= 4 is 43.2 Å². The van der Waals surface area contributed by atoms with Crippen molar-refractivity contribution in [3.05, 3.63) is 15.9 Å². The first-order valence-electron chi connectivity index (χ1n) is 4.85. The molecule has 17 heavy (non-hydrogen) atoms. The van der Waals surface area contributed by atoms with Gasteiger partial charge in [0.2, 0.25) is 5.91 Å². The van der Waals surface area contributed by atoms with E-state index in [0.717, 1.165) is 11.3 Å². The fraction of sp³-hybridized carbons (Fsp3) is 0.444. The van der Waals surface area contributed by atoms with Gasteiger partial charge in [0.15, 0.2) is 0 Å². The molecule has 0 aliphatic heterocycles. The first-order valence-corrected chi connectivity index (χ1v) is 8.00. The molecule has 1 aromatic rings. The second-order valence-corrected chi connectivity index (χ2v) is 7.34. The minimum atomic E-state index is -3.62. The van der Waals surface area contributed by atoms with Crippen molar-refractivity contribution in [3.8, 4) is 0 Å². The maximum Gasteiger partial charge on any atom is 0.251 e. The first kappa shape index (κ1) is 14.6. The van der Waals surface area contributed by atoms with Crippen molar-refractivity contribution < 1.29 is 13.2 Å². The normalized spacial score (nSPS) is 11.8. The molecule has 0 saturated heterocycles. The fourth-order valence-electron chi connectivity index (χ4n) is 1.07. The zero-order valence-electron chi connectivity index (χ0n) is 9.36. The number of carbonyl (C=O) groups is 1. The first-order chi connectivity index (χ1) is 7.83. The third-order valence-corrected chi connectivity index (χ3v) is 5.77. The summed E-state index contributed by atoms with van der Waals surface area (Å²) in [7, 11) is -3.62.